The molecule has 3 rings (SSSR count). The molecule has 0 radical (unpaired) electrons. The first-order chi connectivity index (χ1) is 11.0. The highest BCUT2D eigenvalue weighted by Crippen LogP contribution is 2.26. The van der Waals surface area contributed by atoms with Gasteiger partial charge in [-0.05, 0) is 6.07 Å². The molecule has 0 aliphatic carbocycles. The van der Waals surface area contributed by atoms with Crippen LogP contribution in [0.5, 0.6) is 0 Å². The van der Waals surface area contributed by atoms with Crippen molar-refractivity contribution >= 4 is 27.9 Å². The van der Waals surface area contributed by atoms with Gasteiger partial charge in [0.1, 0.15) is 11.5 Å². The Balaban J connectivity index is 1.95. The summed E-state index contributed by atoms with van der Waals surface area (Å²) in [7, 11) is 0. The van der Waals surface area contributed by atoms with Gasteiger partial charge in [-0.1, -0.05) is 0 Å². The van der Waals surface area contributed by atoms with Crippen molar-refractivity contribution in [2.24, 2.45) is 0 Å². The van der Waals surface area contributed by atoms with Gasteiger partial charge in [-0.3, -0.25) is 0 Å². The van der Waals surface area contributed by atoms with E-state index in [0.29, 0.717) is 16.6 Å². The number of rotatable bonds is 5. The zero-order valence-electron chi connectivity index (χ0n) is 11.6. The molecule has 0 saturated carbocycles. The van der Waals surface area contributed by atoms with E-state index in [2.05, 4.69) is 25.3 Å². The summed E-state index contributed by atoms with van der Waals surface area (Å²) in [5.74, 6) is -1.19. The summed E-state index contributed by atoms with van der Waals surface area (Å²) < 4.78 is 46.4. The number of nitrogens with zero attached hydrogens (tertiary/aromatic N) is 3. The fourth-order valence-corrected chi connectivity index (χ4v) is 2.32. The Morgan fingerprint density at radius 2 is 2.13 bits per heavy atom. The van der Waals surface area contributed by atoms with Gasteiger partial charge in [-0.15, -0.1) is 0 Å². The summed E-state index contributed by atoms with van der Waals surface area (Å²) in [6, 6.07) is 1.28. The van der Waals surface area contributed by atoms with Crippen LogP contribution in [-0.2, 0) is 11.1 Å². The second-order valence-corrected chi connectivity index (χ2v) is 5.65. The predicted octanol–water partition coefficient (Wildman–Crippen LogP) is 1.93. The van der Waals surface area contributed by atoms with E-state index in [1.54, 1.807) is 6.20 Å². The van der Waals surface area contributed by atoms with Crippen molar-refractivity contribution in [3.8, 4) is 11.4 Å². The molecule has 0 bridgehead atoms. The summed E-state index contributed by atoms with van der Waals surface area (Å²) in [5.41, 5.74) is 0.931. The topological polar surface area (TPSA) is 104 Å². The number of hydrogen-bond acceptors (Lipinski definition) is 5. The maximum atomic E-state index is 13.7. The summed E-state index contributed by atoms with van der Waals surface area (Å²) in [5, 5.41) is 3.10. The van der Waals surface area contributed by atoms with Crippen molar-refractivity contribution in [3.05, 3.63) is 36.3 Å². The third kappa shape index (κ3) is 3.32. The molecule has 0 aromatic carbocycles. The van der Waals surface area contributed by atoms with Crippen molar-refractivity contribution in [3.63, 3.8) is 0 Å². The summed E-state index contributed by atoms with van der Waals surface area (Å²) in [6.45, 7) is 0.0700. The summed E-state index contributed by atoms with van der Waals surface area (Å²) >= 11 is -1.99. The lowest BCUT2D eigenvalue weighted by atomic mass is 10.2. The predicted molar refractivity (Wildman–Crippen MR) is 81.2 cm³/mol. The standard InChI is InChI=1S/C13H11F2N5O2S/c14-7-3-8-9(5-18-11(8)17-4-7)12-19-6-10(15)13(20-12)16-1-2-23(21)22/h3-6H,1-2H2,(H,17,18)(H,21,22)(H,16,19,20). The highest BCUT2D eigenvalue weighted by molar-refractivity contribution is 7.79. The largest absolute Gasteiger partial charge is 0.367 e. The van der Waals surface area contributed by atoms with E-state index in [1.807, 2.05) is 0 Å². The lowest BCUT2D eigenvalue weighted by Crippen LogP contribution is -2.12. The van der Waals surface area contributed by atoms with Gasteiger partial charge in [0.25, 0.3) is 0 Å². The minimum absolute atomic E-state index is 0.0685. The third-order valence-corrected chi connectivity index (χ3v) is 3.61. The van der Waals surface area contributed by atoms with Crippen LogP contribution in [0.25, 0.3) is 22.4 Å². The molecular formula is C13H11F2N5O2S. The first-order valence-electron chi connectivity index (χ1n) is 6.51. The minimum atomic E-state index is -1.99. The number of aromatic nitrogens is 4. The van der Waals surface area contributed by atoms with Crippen LogP contribution in [0.1, 0.15) is 0 Å². The maximum absolute atomic E-state index is 13.7. The van der Waals surface area contributed by atoms with Crippen molar-refractivity contribution in [1.29, 1.82) is 0 Å². The van der Waals surface area contributed by atoms with E-state index in [1.165, 1.54) is 6.07 Å². The van der Waals surface area contributed by atoms with Gasteiger partial charge in [0.05, 0.1) is 18.1 Å². The molecular weight excluding hydrogens is 328 g/mol. The lowest BCUT2D eigenvalue weighted by molar-refractivity contribution is 0.564. The van der Waals surface area contributed by atoms with Gasteiger partial charge in [0.2, 0.25) is 0 Å². The smallest absolute Gasteiger partial charge is 0.183 e. The van der Waals surface area contributed by atoms with Crippen LogP contribution in [0.4, 0.5) is 14.6 Å². The highest BCUT2D eigenvalue weighted by Gasteiger charge is 2.13. The Morgan fingerprint density at radius 3 is 2.91 bits per heavy atom. The first-order valence-corrected chi connectivity index (χ1v) is 7.79. The molecule has 3 aromatic heterocycles. The second-order valence-electron chi connectivity index (χ2n) is 4.59. The molecule has 0 amide bonds. The number of pyridine rings is 1. The molecule has 7 nitrogen and oxygen atoms in total. The molecule has 1 unspecified atom stereocenters. The molecule has 0 saturated heterocycles. The van der Waals surface area contributed by atoms with Crippen LogP contribution in [-0.4, -0.2) is 41.0 Å². The maximum Gasteiger partial charge on any atom is 0.183 e. The molecule has 0 spiro atoms. The Kier molecular flexibility index (Phi) is 4.26. The Morgan fingerprint density at radius 1 is 1.30 bits per heavy atom. The summed E-state index contributed by atoms with van der Waals surface area (Å²) in [6.07, 6.45) is 3.61. The second kappa shape index (κ2) is 6.34. The van der Waals surface area contributed by atoms with E-state index >= 15 is 0 Å². The van der Waals surface area contributed by atoms with Gasteiger partial charge in [0.15, 0.2) is 28.5 Å². The zero-order valence-corrected chi connectivity index (χ0v) is 12.4. The average Bonchev–Trinajstić information content (AvgIpc) is 2.92. The van der Waals surface area contributed by atoms with E-state index in [9.17, 15) is 13.0 Å². The Bertz CT molecular complexity index is 886. The lowest BCUT2D eigenvalue weighted by Gasteiger charge is -2.06. The van der Waals surface area contributed by atoms with Crippen LogP contribution < -0.4 is 5.32 Å². The summed E-state index contributed by atoms with van der Waals surface area (Å²) in [4.78, 5) is 14.7. The molecule has 120 valence electrons. The molecule has 1 atom stereocenters. The normalized spacial score (nSPS) is 12.5. The van der Waals surface area contributed by atoms with Crippen molar-refractivity contribution in [1.82, 2.24) is 19.9 Å². The highest BCUT2D eigenvalue weighted by atomic mass is 32.2. The van der Waals surface area contributed by atoms with Gasteiger partial charge in [-0.25, -0.2) is 27.9 Å². The van der Waals surface area contributed by atoms with Gasteiger partial charge < -0.3 is 14.9 Å². The molecule has 0 aliphatic rings. The Hall–Kier alpha value is -2.46. The van der Waals surface area contributed by atoms with E-state index in [-0.39, 0.29) is 23.9 Å². The molecule has 3 heterocycles. The fourth-order valence-electron chi connectivity index (χ4n) is 2.04. The number of H-pyrrole nitrogens is 1. The van der Waals surface area contributed by atoms with E-state index < -0.39 is 22.7 Å². The monoisotopic (exact) mass is 339 g/mol. The fraction of sp³-hybridized carbons (Fsp3) is 0.154. The quantitative estimate of drug-likeness (QED) is 0.614. The molecule has 0 aliphatic heterocycles. The van der Waals surface area contributed by atoms with Crippen LogP contribution >= 0.6 is 0 Å². The molecule has 3 aromatic rings. The average molecular weight is 339 g/mol. The number of aromatic amines is 1. The SMILES string of the molecule is O=S(O)CCNc1nc(-c2c[nH]c3ncc(F)cc23)ncc1F. The molecule has 3 N–H and O–H groups in total. The van der Waals surface area contributed by atoms with Crippen molar-refractivity contribution < 1.29 is 17.5 Å². The van der Waals surface area contributed by atoms with E-state index in [0.717, 1.165) is 12.4 Å². The molecule has 10 heteroatoms. The van der Waals surface area contributed by atoms with Gasteiger partial charge in [0, 0.05) is 23.7 Å². The minimum Gasteiger partial charge on any atom is -0.367 e. The van der Waals surface area contributed by atoms with Crippen LogP contribution in [0, 0.1) is 11.6 Å². The third-order valence-electron chi connectivity index (χ3n) is 3.05. The number of hydrogen-bond donors (Lipinski definition) is 3. The number of anilines is 1. The molecule has 23 heavy (non-hydrogen) atoms. The van der Waals surface area contributed by atoms with Crippen molar-refractivity contribution in [2.75, 3.05) is 17.6 Å². The zero-order chi connectivity index (χ0) is 16.4. The van der Waals surface area contributed by atoms with Crippen LogP contribution in [0.3, 0.4) is 0 Å². The van der Waals surface area contributed by atoms with Gasteiger partial charge in [-0.2, -0.15) is 0 Å². The van der Waals surface area contributed by atoms with Crippen molar-refractivity contribution in [2.45, 2.75) is 0 Å². The number of halogens is 2. The van der Waals surface area contributed by atoms with Gasteiger partial charge >= 0.3 is 0 Å². The van der Waals surface area contributed by atoms with E-state index in [4.69, 9.17) is 4.55 Å². The molecule has 0 fully saturated rings. The Labute approximate surface area is 131 Å². The number of nitrogens with one attached hydrogen (secondary N) is 2. The first kappa shape index (κ1) is 15.4. The van der Waals surface area contributed by atoms with Crippen LogP contribution in [0.2, 0.25) is 0 Å². The number of fused-ring (bicyclic) bond motifs is 1. The van der Waals surface area contributed by atoms with Crippen LogP contribution in [0.15, 0.2) is 24.7 Å².